The van der Waals surface area contributed by atoms with Gasteiger partial charge < -0.3 is 10.5 Å². The van der Waals surface area contributed by atoms with Crippen LogP contribution in [-0.4, -0.2) is 43.3 Å². The summed E-state index contributed by atoms with van der Waals surface area (Å²) in [5, 5.41) is 0. The number of halogens is 2. The Morgan fingerprint density at radius 2 is 2.29 bits per heavy atom. The average Bonchev–Trinajstić information content (AvgIpc) is 2.01. The maximum absolute atomic E-state index is 11.9. The third-order valence-corrected chi connectivity index (χ3v) is 2.30. The lowest BCUT2D eigenvalue weighted by molar-refractivity contribution is -0.174. The summed E-state index contributed by atoms with van der Waals surface area (Å²) in [4.78, 5) is 2.08. The van der Waals surface area contributed by atoms with Crippen molar-refractivity contribution in [1.29, 1.82) is 0 Å². The van der Waals surface area contributed by atoms with Gasteiger partial charge in [-0.2, -0.15) is 8.78 Å². The van der Waals surface area contributed by atoms with Gasteiger partial charge in [-0.3, -0.25) is 4.90 Å². The van der Waals surface area contributed by atoms with Gasteiger partial charge in [-0.1, -0.05) is 0 Å². The van der Waals surface area contributed by atoms with Crippen molar-refractivity contribution in [2.75, 3.05) is 19.6 Å². The zero-order valence-corrected chi connectivity index (χ0v) is 8.46. The number of nitrogens with two attached hydrogens (primary N) is 1. The quantitative estimate of drug-likeness (QED) is 0.750. The van der Waals surface area contributed by atoms with E-state index in [2.05, 4.69) is 9.64 Å². The topological polar surface area (TPSA) is 38.5 Å². The van der Waals surface area contributed by atoms with Crippen molar-refractivity contribution in [3.8, 4) is 0 Å². The molecule has 1 heterocycles. The molecule has 84 valence electrons. The molecule has 1 saturated heterocycles. The first-order valence-corrected chi connectivity index (χ1v) is 4.99. The Balaban J connectivity index is 2.28. The van der Waals surface area contributed by atoms with Gasteiger partial charge in [0.1, 0.15) is 0 Å². The summed E-state index contributed by atoms with van der Waals surface area (Å²) in [6.45, 7) is 1.52. The Morgan fingerprint density at radius 3 is 2.86 bits per heavy atom. The van der Waals surface area contributed by atoms with Crippen molar-refractivity contribution in [1.82, 2.24) is 4.90 Å². The zero-order valence-electron chi connectivity index (χ0n) is 8.46. The molecule has 0 aromatic heterocycles. The van der Waals surface area contributed by atoms with Gasteiger partial charge in [0.15, 0.2) is 0 Å². The molecule has 2 atom stereocenters. The van der Waals surface area contributed by atoms with Crippen molar-refractivity contribution >= 4 is 0 Å². The van der Waals surface area contributed by atoms with Gasteiger partial charge in [-0.05, 0) is 26.3 Å². The maximum atomic E-state index is 11.9. The summed E-state index contributed by atoms with van der Waals surface area (Å²) < 4.78 is 28.4. The first-order chi connectivity index (χ1) is 6.58. The van der Waals surface area contributed by atoms with E-state index in [1.807, 2.05) is 6.92 Å². The van der Waals surface area contributed by atoms with Crippen LogP contribution in [0, 0.1) is 0 Å². The van der Waals surface area contributed by atoms with Gasteiger partial charge in [0.05, 0.1) is 6.10 Å². The van der Waals surface area contributed by atoms with Crippen LogP contribution in [0.25, 0.3) is 0 Å². The van der Waals surface area contributed by atoms with Crippen LogP contribution in [0.5, 0.6) is 0 Å². The lowest BCUT2D eigenvalue weighted by Crippen LogP contribution is -2.44. The molecule has 0 spiro atoms. The highest BCUT2D eigenvalue weighted by molar-refractivity contribution is 4.75. The largest absolute Gasteiger partial charge is 0.345 e. The molecule has 1 aliphatic heterocycles. The molecule has 2 unspecified atom stereocenters. The fourth-order valence-corrected chi connectivity index (χ4v) is 1.84. The number of piperidine rings is 1. The minimum absolute atomic E-state index is 0.0836. The SMILES string of the molecule is CC(N)CN1CCCC(OC(F)F)C1. The molecular formula is C9H18F2N2O. The molecule has 0 radical (unpaired) electrons. The van der Waals surface area contributed by atoms with Gasteiger partial charge in [-0.15, -0.1) is 0 Å². The lowest BCUT2D eigenvalue weighted by atomic mass is 10.1. The van der Waals surface area contributed by atoms with Crippen molar-refractivity contribution < 1.29 is 13.5 Å². The summed E-state index contributed by atoms with van der Waals surface area (Å²) >= 11 is 0. The van der Waals surface area contributed by atoms with Crippen LogP contribution in [0.2, 0.25) is 0 Å². The third kappa shape index (κ3) is 4.30. The predicted octanol–water partition coefficient (Wildman–Crippen LogP) is 1.04. The fourth-order valence-electron chi connectivity index (χ4n) is 1.84. The molecule has 0 aromatic rings. The van der Waals surface area contributed by atoms with Gasteiger partial charge >= 0.3 is 6.61 Å². The molecule has 0 amide bonds. The van der Waals surface area contributed by atoms with E-state index in [0.717, 1.165) is 25.9 Å². The normalized spacial score (nSPS) is 26.8. The van der Waals surface area contributed by atoms with E-state index in [0.29, 0.717) is 6.54 Å². The Bertz CT molecular complexity index is 151. The van der Waals surface area contributed by atoms with Crippen LogP contribution in [-0.2, 0) is 4.74 Å². The average molecular weight is 208 g/mol. The number of hydrogen-bond acceptors (Lipinski definition) is 3. The molecule has 0 aromatic carbocycles. The predicted molar refractivity (Wildman–Crippen MR) is 50.2 cm³/mol. The van der Waals surface area contributed by atoms with Crippen molar-refractivity contribution in [3.63, 3.8) is 0 Å². The van der Waals surface area contributed by atoms with Crippen molar-refractivity contribution in [2.45, 2.75) is 38.5 Å². The molecule has 2 N–H and O–H groups in total. The molecule has 3 nitrogen and oxygen atoms in total. The third-order valence-electron chi connectivity index (χ3n) is 2.30. The molecular weight excluding hydrogens is 190 g/mol. The summed E-state index contributed by atoms with van der Waals surface area (Å²) in [6, 6.07) is 0.0836. The van der Waals surface area contributed by atoms with E-state index in [-0.39, 0.29) is 12.1 Å². The van der Waals surface area contributed by atoms with Crippen LogP contribution >= 0.6 is 0 Å². The first kappa shape index (κ1) is 11.8. The van der Waals surface area contributed by atoms with E-state index in [1.165, 1.54) is 0 Å². The minimum Gasteiger partial charge on any atom is -0.327 e. The smallest absolute Gasteiger partial charge is 0.327 e. The van der Waals surface area contributed by atoms with Crippen LogP contribution in [0.3, 0.4) is 0 Å². The van der Waals surface area contributed by atoms with E-state index in [9.17, 15) is 8.78 Å². The first-order valence-electron chi connectivity index (χ1n) is 4.99. The second-order valence-electron chi connectivity index (χ2n) is 3.90. The van der Waals surface area contributed by atoms with E-state index >= 15 is 0 Å². The number of likely N-dealkylation sites (tertiary alicyclic amines) is 1. The Hall–Kier alpha value is -0.260. The van der Waals surface area contributed by atoms with Crippen LogP contribution < -0.4 is 5.73 Å². The number of hydrogen-bond donors (Lipinski definition) is 1. The van der Waals surface area contributed by atoms with Crippen LogP contribution in [0.1, 0.15) is 19.8 Å². The van der Waals surface area contributed by atoms with Gasteiger partial charge in [0, 0.05) is 19.1 Å². The van der Waals surface area contributed by atoms with Gasteiger partial charge in [0.2, 0.25) is 0 Å². The van der Waals surface area contributed by atoms with E-state index in [4.69, 9.17) is 5.73 Å². The highest BCUT2D eigenvalue weighted by Gasteiger charge is 2.23. The summed E-state index contributed by atoms with van der Waals surface area (Å²) in [5.74, 6) is 0. The zero-order chi connectivity index (χ0) is 10.6. The molecule has 1 aliphatic rings. The Kier molecular flexibility index (Phi) is 4.71. The summed E-state index contributed by atoms with van der Waals surface area (Å²) in [5.41, 5.74) is 5.64. The fraction of sp³-hybridized carbons (Fsp3) is 1.00. The second-order valence-corrected chi connectivity index (χ2v) is 3.90. The standard InChI is InChI=1S/C9H18F2N2O/c1-7(12)5-13-4-2-3-8(6-13)14-9(10)11/h7-9H,2-6,12H2,1H3. The maximum Gasteiger partial charge on any atom is 0.345 e. The molecule has 1 rings (SSSR count). The molecule has 14 heavy (non-hydrogen) atoms. The molecule has 0 aliphatic carbocycles. The van der Waals surface area contributed by atoms with Gasteiger partial charge in [-0.25, -0.2) is 0 Å². The van der Waals surface area contributed by atoms with Crippen LogP contribution in [0.4, 0.5) is 8.78 Å². The van der Waals surface area contributed by atoms with Crippen molar-refractivity contribution in [2.24, 2.45) is 5.73 Å². The number of nitrogens with zero attached hydrogens (tertiary/aromatic N) is 1. The molecule has 0 bridgehead atoms. The highest BCUT2D eigenvalue weighted by Crippen LogP contribution is 2.15. The minimum atomic E-state index is -2.66. The molecule has 5 heteroatoms. The monoisotopic (exact) mass is 208 g/mol. The van der Waals surface area contributed by atoms with E-state index in [1.54, 1.807) is 0 Å². The summed E-state index contributed by atoms with van der Waals surface area (Å²) in [6.07, 6.45) is 1.30. The second kappa shape index (κ2) is 5.58. The number of alkyl halides is 2. The van der Waals surface area contributed by atoms with E-state index < -0.39 is 6.61 Å². The molecule has 1 fully saturated rings. The Labute approximate surface area is 83.2 Å². The summed E-state index contributed by atoms with van der Waals surface area (Å²) in [7, 11) is 0. The number of rotatable bonds is 4. The lowest BCUT2D eigenvalue weighted by Gasteiger charge is -2.33. The Morgan fingerprint density at radius 1 is 1.57 bits per heavy atom. The number of ether oxygens (including phenoxy) is 1. The molecule has 0 saturated carbocycles. The van der Waals surface area contributed by atoms with Gasteiger partial charge in [0.25, 0.3) is 0 Å². The highest BCUT2D eigenvalue weighted by atomic mass is 19.3. The van der Waals surface area contributed by atoms with Crippen LogP contribution in [0.15, 0.2) is 0 Å². The van der Waals surface area contributed by atoms with Crippen molar-refractivity contribution in [3.05, 3.63) is 0 Å².